The molecule has 0 aliphatic carbocycles. The van der Waals surface area contributed by atoms with E-state index >= 15 is 0 Å². The Kier molecular flexibility index (Phi) is 9.08. The lowest BCUT2D eigenvalue weighted by Gasteiger charge is -2.17. The molecule has 8 heteroatoms. The van der Waals surface area contributed by atoms with Crippen LogP contribution in [-0.4, -0.2) is 36.2 Å². The predicted octanol–water partition coefficient (Wildman–Crippen LogP) is 4.47. The summed E-state index contributed by atoms with van der Waals surface area (Å²) in [5.41, 5.74) is 1.70. The van der Waals surface area contributed by atoms with Gasteiger partial charge in [-0.25, -0.2) is 4.39 Å². The lowest BCUT2D eigenvalue weighted by Crippen LogP contribution is -2.36. The molecule has 0 spiro atoms. The summed E-state index contributed by atoms with van der Waals surface area (Å²) < 4.78 is 25.0. The van der Waals surface area contributed by atoms with Crippen molar-refractivity contribution in [1.82, 2.24) is 5.32 Å². The average molecular weight is 472 g/mol. The minimum atomic E-state index is -0.864. The lowest BCUT2D eigenvalue weighted by molar-refractivity contribution is -0.139. The molecule has 2 aromatic rings. The molecular formula is C20H23BrFNO4S. The Hall–Kier alpha value is -1.77. The minimum Gasteiger partial charge on any atom is -0.493 e. The Morgan fingerprint density at radius 3 is 2.61 bits per heavy atom. The van der Waals surface area contributed by atoms with Gasteiger partial charge in [-0.3, -0.25) is 4.79 Å². The molecule has 0 amide bonds. The fourth-order valence-electron chi connectivity index (χ4n) is 2.51. The van der Waals surface area contributed by atoms with Crippen molar-refractivity contribution in [3.63, 3.8) is 0 Å². The van der Waals surface area contributed by atoms with Crippen LogP contribution >= 0.6 is 27.7 Å². The maximum absolute atomic E-state index is 13.0. The number of hydrogen-bond acceptors (Lipinski definition) is 5. The fourth-order valence-corrected chi connectivity index (χ4v) is 3.44. The first kappa shape index (κ1) is 22.5. The van der Waals surface area contributed by atoms with Crippen molar-refractivity contribution < 1.29 is 23.8 Å². The van der Waals surface area contributed by atoms with E-state index in [0.29, 0.717) is 24.5 Å². The molecule has 0 aliphatic heterocycles. The van der Waals surface area contributed by atoms with Gasteiger partial charge in [0.2, 0.25) is 0 Å². The SMILES string of the molecule is COc1cc(CNC(CCSC)C(=O)O)c(Br)cc1OCc1ccc(F)cc1. The van der Waals surface area contributed by atoms with Crippen molar-refractivity contribution in [2.45, 2.75) is 25.6 Å². The Morgan fingerprint density at radius 2 is 2.00 bits per heavy atom. The zero-order valence-electron chi connectivity index (χ0n) is 15.7. The largest absolute Gasteiger partial charge is 0.493 e. The van der Waals surface area contributed by atoms with Crippen LogP contribution in [0.3, 0.4) is 0 Å². The molecule has 0 fully saturated rings. The number of nitrogens with one attached hydrogen (secondary N) is 1. The molecule has 2 N–H and O–H groups in total. The van der Waals surface area contributed by atoms with Crippen LogP contribution in [0.5, 0.6) is 11.5 Å². The normalized spacial score (nSPS) is 11.9. The van der Waals surface area contributed by atoms with Crippen molar-refractivity contribution in [2.24, 2.45) is 0 Å². The number of halogens is 2. The van der Waals surface area contributed by atoms with Crippen LogP contribution in [0, 0.1) is 5.82 Å². The number of carboxylic acids is 1. The highest BCUT2D eigenvalue weighted by Crippen LogP contribution is 2.34. The van der Waals surface area contributed by atoms with Gasteiger partial charge in [0.05, 0.1) is 7.11 Å². The maximum Gasteiger partial charge on any atom is 0.320 e. The number of thioether (sulfide) groups is 1. The number of ether oxygens (including phenoxy) is 2. The van der Waals surface area contributed by atoms with Crippen molar-refractivity contribution in [3.8, 4) is 11.5 Å². The van der Waals surface area contributed by atoms with Gasteiger partial charge in [0.15, 0.2) is 11.5 Å². The first-order chi connectivity index (χ1) is 13.4. The van der Waals surface area contributed by atoms with Gasteiger partial charge in [-0.1, -0.05) is 28.1 Å². The van der Waals surface area contributed by atoms with Crippen LogP contribution in [-0.2, 0) is 17.9 Å². The fraction of sp³-hybridized carbons (Fsp3) is 0.350. The van der Waals surface area contributed by atoms with Crippen LogP contribution in [0.1, 0.15) is 17.5 Å². The van der Waals surface area contributed by atoms with Gasteiger partial charge in [0, 0.05) is 11.0 Å². The molecule has 0 saturated heterocycles. The summed E-state index contributed by atoms with van der Waals surface area (Å²) in [6.07, 6.45) is 2.50. The summed E-state index contributed by atoms with van der Waals surface area (Å²) in [5.74, 6) is 0.692. The smallest absolute Gasteiger partial charge is 0.320 e. The van der Waals surface area contributed by atoms with Crippen molar-refractivity contribution in [3.05, 3.63) is 57.8 Å². The maximum atomic E-state index is 13.0. The van der Waals surface area contributed by atoms with E-state index in [0.717, 1.165) is 21.4 Å². The molecule has 0 aromatic heterocycles. The van der Waals surface area contributed by atoms with E-state index in [9.17, 15) is 14.3 Å². The third kappa shape index (κ3) is 6.68. The quantitative estimate of drug-likeness (QED) is 0.503. The summed E-state index contributed by atoms with van der Waals surface area (Å²) in [6.45, 7) is 0.650. The van der Waals surface area contributed by atoms with E-state index in [1.54, 1.807) is 37.1 Å². The van der Waals surface area contributed by atoms with E-state index in [4.69, 9.17) is 9.47 Å². The van der Waals surface area contributed by atoms with Crippen LogP contribution in [0.4, 0.5) is 4.39 Å². The second kappa shape index (κ2) is 11.3. The van der Waals surface area contributed by atoms with Crippen LogP contribution in [0.15, 0.2) is 40.9 Å². The van der Waals surface area contributed by atoms with Crippen molar-refractivity contribution in [2.75, 3.05) is 19.1 Å². The van der Waals surface area contributed by atoms with Gasteiger partial charge in [0.25, 0.3) is 0 Å². The third-order valence-electron chi connectivity index (χ3n) is 4.09. The van der Waals surface area contributed by atoms with Gasteiger partial charge >= 0.3 is 5.97 Å². The van der Waals surface area contributed by atoms with E-state index in [-0.39, 0.29) is 12.4 Å². The molecule has 1 unspecified atom stereocenters. The summed E-state index contributed by atoms with van der Waals surface area (Å²) >= 11 is 5.12. The zero-order valence-corrected chi connectivity index (χ0v) is 18.1. The average Bonchev–Trinajstić information content (AvgIpc) is 2.68. The van der Waals surface area contributed by atoms with Gasteiger partial charge in [0.1, 0.15) is 18.5 Å². The van der Waals surface area contributed by atoms with Crippen molar-refractivity contribution >= 4 is 33.7 Å². The number of rotatable bonds is 11. The molecule has 0 aliphatic rings. The molecule has 2 aromatic carbocycles. The van der Waals surface area contributed by atoms with Gasteiger partial charge in [-0.15, -0.1) is 0 Å². The van der Waals surface area contributed by atoms with Gasteiger partial charge < -0.3 is 19.9 Å². The molecule has 28 heavy (non-hydrogen) atoms. The molecule has 5 nitrogen and oxygen atoms in total. The second-order valence-electron chi connectivity index (χ2n) is 6.06. The monoisotopic (exact) mass is 471 g/mol. The number of benzene rings is 2. The lowest BCUT2D eigenvalue weighted by atomic mass is 10.1. The molecule has 0 heterocycles. The highest BCUT2D eigenvalue weighted by atomic mass is 79.9. The van der Waals surface area contributed by atoms with Gasteiger partial charge in [-0.05, 0) is 53.8 Å². The van der Waals surface area contributed by atoms with E-state index in [1.807, 2.05) is 12.3 Å². The number of aliphatic carboxylic acids is 1. The van der Waals surface area contributed by atoms with Crippen LogP contribution in [0.2, 0.25) is 0 Å². The van der Waals surface area contributed by atoms with E-state index in [1.165, 1.54) is 12.1 Å². The van der Waals surface area contributed by atoms with Gasteiger partial charge in [-0.2, -0.15) is 11.8 Å². The minimum absolute atomic E-state index is 0.274. The molecular weight excluding hydrogens is 449 g/mol. The standard InChI is InChI=1S/C20H23BrFNO4S/c1-26-18-9-14(11-23-17(20(24)25)7-8-28-2)16(21)10-19(18)27-12-13-3-5-15(22)6-4-13/h3-6,9-10,17,23H,7-8,11-12H2,1-2H3,(H,24,25). The van der Waals surface area contributed by atoms with Crippen LogP contribution < -0.4 is 14.8 Å². The van der Waals surface area contributed by atoms with E-state index < -0.39 is 12.0 Å². The summed E-state index contributed by atoms with van der Waals surface area (Å²) in [4.78, 5) is 11.4. The molecule has 2 rings (SSSR count). The number of carboxylic acid groups (broad SMARTS) is 1. The predicted molar refractivity (Wildman–Crippen MR) is 113 cm³/mol. The summed E-state index contributed by atoms with van der Waals surface area (Å²) in [7, 11) is 1.55. The molecule has 1 atom stereocenters. The Labute approximate surface area is 176 Å². The molecule has 152 valence electrons. The third-order valence-corrected chi connectivity index (χ3v) is 5.47. The molecule has 0 bridgehead atoms. The van der Waals surface area contributed by atoms with Crippen LogP contribution in [0.25, 0.3) is 0 Å². The number of hydrogen-bond donors (Lipinski definition) is 2. The first-order valence-corrected chi connectivity index (χ1v) is 10.8. The zero-order chi connectivity index (χ0) is 20.5. The Morgan fingerprint density at radius 1 is 1.29 bits per heavy atom. The highest BCUT2D eigenvalue weighted by Gasteiger charge is 2.18. The summed E-state index contributed by atoms with van der Waals surface area (Å²) in [6, 6.07) is 9.08. The Bertz CT molecular complexity index is 789. The highest BCUT2D eigenvalue weighted by molar-refractivity contribution is 9.10. The molecule has 0 radical (unpaired) electrons. The summed E-state index contributed by atoms with van der Waals surface area (Å²) in [5, 5.41) is 12.4. The molecule has 0 saturated carbocycles. The number of carbonyl (C=O) groups is 1. The topological polar surface area (TPSA) is 67.8 Å². The van der Waals surface area contributed by atoms with Crippen molar-refractivity contribution in [1.29, 1.82) is 0 Å². The Balaban J connectivity index is 2.06. The van der Waals surface area contributed by atoms with E-state index in [2.05, 4.69) is 21.2 Å². The first-order valence-electron chi connectivity index (χ1n) is 8.63. The number of methoxy groups -OCH3 is 1. The second-order valence-corrected chi connectivity index (χ2v) is 7.90.